The van der Waals surface area contributed by atoms with Gasteiger partial charge in [0.15, 0.2) is 0 Å². The summed E-state index contributed by atoms with van der Waals surface area (Å²) in [5, 5.41) is -0.0451. The fourth-order valence-corrected chi connectivity index (χ4v) is 5.63. The van der Waals surface area contributed by atoms with Gasteiger partial charge in [0.1, 0.15) is 16.5 Å². The molecular formula is C13H14ClF2NO2S. The third-order valence-corrected chi connectivity index (χ3v) is 6.43. The van der Waals surface area contributed by atoms with Crippen molar-refractivity contribution in [1.82, 2.24) is 4.31 Å². The van der Waals surface area contributed by atoms with Crippen LogP contribution >= 0.6 is 11.6 Å². The summed E-state index contributed by atoms with van der Waals surface area (Å²) in [6.45, 7) is 0. The van der Waals surface area contributed by atoms with Crippen LogP contribution in [-0.2, 0) is 10.0 Å². The highest BCUT2D eigenvalue weighted by molar-refractivity contribution is 7.89. The molecule has 2 heterocycles. The van der Waals surface area contributed by atoms with Crippen LogP contribution in [0.2, 0.25) is 0 Å². The summed E-state index contributed by atoms with van der Waals surface area (Å²) in [4.78, 5) is -0.581. The zero-order valence-corrected chi connectivity index (χ0v) is 12.2. The van der Waals surface area contributed by atoms with E-state index < -0.39 is 26.6 Å². The van der Waals surface area contributed by atoms with Gasteiger partial charge in [-0.15, -0.1) is 11.6 Å². The number of nitrogens with zero attached hydrogens (tertiary/aromatic N) is 1. The van der Waals surface area contributed by atoms with E-state index in [2.05, 4.69) is 0 Å². The molecule has 1 aromatic rings. The van der Waals surface area contributed by atoms with Gasteiger partial charge in [0.05, 0.1) is 0 Å². The summed E-state index contributed by atoms with van der Waals surface area (Å²) < 4.78 is 53.6. The van der Waals surface area contributed by atoms with Crippen molar-refractivity contribution in [3.8, 4) is 0 Å². The minimum absolute atomic E-state index is 0.0451. The van der Waals surface area contributed by atoms with Gasteiger partial charge in [-0.2, -0.15) is 4.31 Å². The maximum absolute atomic E-state index is 13.8. The molecule has 1 aromatic carbocycles. The van der Waals surface area contributed by atoms with Gasteiger partial charge in [-0.1, -0.05) is 0 Å². The van der Waals surface area contributed by atoms with E-state index in [0.29, 0.717) is 12.8 Å². The molecule has 0 N–H and O–H groups in total. The summed E-state index contributed by atoms with van der Waals surface area (Å²) in [7, 11) is -4.01. The molecular weight excluding hydrogens is 308 g/mol. The first kappa shape index (κ1) is 14.2. The van der Waals surface area contributed by atoms with Crippen LogP contribution in [0.5, 0.6) is 0 Å². The number of hydrogen-bond donors (Lipinski definition) is 0. The second kappa shape index (κ2) is 4.93. The van der Waals surface area contributed by atoms with Crippen LogP contribution in [0, 0.1) is 11.6 Å². The van der Waals surface area contributed by atoms with Crippen LogP contribution in [0.25, 0.3) is 0 Å². The quantitative estimate of drug-likeness (QED) is 0.785. The molecule has 3 nitrogen and oxygen atoms in total. The van der Waals surface area contributed by atoms with Crippen LogP contribution in [-0.4, -0.2) is 30.2 Å². The van der Waals surface area contributed by atoms with E-state index in [1.807, 2.05) is 0 Å². The Balaban J connectivity index is 2.03. The average molecular weight is 322 g/mol. The molecule has 2 fully saturated rings. The smallest absolute Gasteiger partial charge is 0.207 e. The summed E-state index contributed by atoms with van der Waals surface area (Å²) in [6, 6.07) is 2.09. The Hall–Kier alpha value is -0.720. The van der Waals surface area contributed by atoms with E-state index in [-0.39, 0.29) is 17.5 Å². The van der Waals surface area contributed by atoms with E-state index >= 15 is 0 Å². The first-order valence-electron chi connectivity index (χ1n) is 6.52. The molecule has 0 aliphatic carbocycles. The van der Waals surface area contributed by atoms with Gasteiger partial charge in [0, 0.05) is 17.5 Å². The Morgan fingerprint density at radius 3 is 2.35 bits per heavy atom. The van der Waals surface area contributed by atoms with Crippen molar-refractivity contribution >= 4 is 21.6 Å². The van der Waals surface area contributed by atoms with Gasteiger partial charge >= 0.3 is 0 Å². The predicted octanol–water partition coefficient (Wildman–Crippen LogP) is 2.89. The number of hydrogen-bond acceptors (Lipinski definition) is 2. The maximum atomic E-state index is 13.8. The van der Waals surface area contributed by atoms with Crippen LogP contribution in [0.4, 0.5) is 8.78 Å². The number of rotatable bonds is 2. The Labute approximate surface area is 121 Å². The summed E-state index contributed by atoms with van der Waals surface area (Å²) in [5.74, 6) is -1.68. The van der Waals surface area contributed by atoms with Gasteiger partial charge in [0.2, 0.25) is 10.0 Å². The van der Waals surface area contributed by atoms with Crippen molar-refractivity contribution in [2.45, 2.75) is 48.0 Å². The number of alkyl halides is 1. The number of sulfonamides is 1. The molecule has 20 heavy (non-hydrogen) atoms. The van der Waals surface area contributed by atoms with Crippen LogP contribution < -0.4 is 0 Å². The van der Waals surface area contributed by atoms with Crippen LogP contribution in [0.1, 0.15) is 25.7 Å². The minimum Gasteiger partial charge on any atom is -0.207 e. The molecule has 0 saturated carbocycles. The summed E-state index contributed by atoms with van der Waals surface area (Å²) in [6.07, 6.45) is 2.58. The molecule has 3 rings (SSSR count). The highest BCUT2D eigenvalue weighted by Crippen LogP contribution is 2.41. The van der Waals surface area contributed by atoms with Crippen molar-refractivity contribution < 1.29 is 17.2 Å². The van der Waals surface area contributed by atoms with Gasteiger partial charge < -0.3 is 0 Å². The lowest BCUT2D eigenvalue weighted by Gasteiger charge is -2.35. The molecule has 0 spiro atoms. The zero-order chi connectivity index (χ0) is 14.5. The molecule has 0 aromatic heterocycles. The second-order valence-corrected chi connectivity index (χ2v) is 7.79. The first-order valence-corrected chi connectivity index (χ1v) is 8.40. The normalized spacial score (nSPS) is 30.6. The van der Waals surface area contributed by atoms with Crippen molar-refractivity contribution in [2.24, 2.45) is 0 Å². The molecule has 110 valence electrons. The summed E-state index contributed by atoms with van der Waals surface area (Å²) in [5.41, 5.74) is 0. The van der Waals surface area contributed by atoms with E-state index in [1.54, 1.807) is 0 Å². The number of fused-ring (bicyclic) bond motifs is 2. The van der Waals surface area contributed by atoms with Crippen molar-refractivity contribution in [3.05, 3.63) is 29.8 Å². The highest BCUT2D eigenvalue weighted by atomic mass is 35.5. The van der Waals surface area contributed by atoms with Gasteiger partial charge in [-0.25, -0.2) is 17.2 Å². The predicted molar refractivity (Wildman–Crippen MR) is 71.1 cm³/mol. The molecule has 2 saturated heterocycles. The van der Waals surface area contributed by atoms with Crippen molar-refractivity contribution in [3.63, 3.8) is 0 Å². The first-order chi connectivity index (χ1) is 9.39. The lowest BCUT2D eigenvalue weighted by Crippen LogP contribution is -2.47. The van der Waals surface area contributed by atoms with Crippen molar-refractivity contribution in [1.29, 1.82) is 0 Å². The monoisotopic (exact) mass is 321 g/mol. The van der Waals surface area contributed by atoms with Gasteiger partial charge in [0.25, 0.3) is 0 Å². The minimum atomic E-state index is -4.01. The molecule has 0 radical (unpaired) electrons. The molecule has 2 aliphatic heterocycles. The Morgan fingerprint density at radius 1 is 1.15 bits per heavy atom. The molecule has 2 aliphatic rings. The fraction of sp³-hybridized carbons (Fsp3) is 0.538. The molecule has 2 atom stereocenters. The zero-order valence-electron chi connectivity index (χ0n) is 10.6. The van der Waals surface area contributed by atoms with E-state index in [0.717, 1.165) is 31.0 Å². The van der Waals surface area contributed by atoms with Gasteiger partial charge in [-0.3, -0.25) is 0 Å². The Kier molecular flexibility index (Phi) is 3.51. The third kappa shape index (κ3) is 2.23. The molecule has 0 amide bonds. The van der Waals surface area contributed by atoms with E-state index in [1.165, 1.54) is 4.31 Å². The summed E-state index contributed by atoms with van der Waals surface area (Å²) >= 11 is 6.11. The fourth-order valence-electron chi connectivity index (χ4n) is 3.25. The van der Waals surface area contributed by atoms with Crippen LogP contribution in [0.3, 0.4) is 0 Å². The Bertz CT molecular complexity index is 623. The van der Waals surface area contributed by atoms with Gasteiger partial charge in [-0.05, 0) is 43.9 Å². The number of benzene rings is 1. The number of piperidine rings is 1. The van der Waals surface area contributed by atoms with Crippen molar-refractivity contribution in [2.75, 3.05) is 0 Å². The number of halogens is 3. The molecule has 2 bridgehead atoms. The van der Waals surface area contributed by atoms with Crippen LogP contribution in [0.15, 0.2) is 23.1 Å². The Morgan fingerprint density at radius 2 is 1.75 bits per heavy atom. The largest absolute Gasteiger partial charge is 0.246 e. The van der Waals surface area contributed by atoms with E-state index in [9.17, 15) is 17.2 Å². The second-order valence-electron chi connectivity index (χ2n) is 5.36. The molecule has 2 unspecified atom stereocenters. The standard InChI is InChI=1S/C13H14ClF2NO2S/c14-8-5-10-2-3-11(6-8)17(10)20(18,19)13-7-9(15)1-4-12(13)16/h1,4,7-8,10-11H,2-3,5-6H2. The third-order valence-electron chi connectivity index (χ3n) is 4.06. The molecule has 7 heteroatoms. The topological polar surface area (TPSA) is 37.4 Å². The lowest BCUT2D eigenvalue weighted by atomic mass is 10.1. The maximum Gasteiger partial charge on any atom is 0.246 e. The SMILES string of the molecule is O=S(=O)(c1cc(F)ccc1F)N1C2CCC1CC(Cl)C2. The van der Waals surface area contributed by atoms with E-state index in [4.69, 9.17) is 11.6 Å². The lowest BCUT2D eigenvalue weighted by molar-refractivity contribution is 0.250. The highest BCUT2D eigenvalue weighted by Gasteiger charge is 2.47. The average Bonchev–Trinajstić information content (AvgIpc) is 2.66.